The fraction of sp³-hybridized carbons (Fsp3) is 0.105. The largest absolute Gasteiger partial charge is 0.859 e. The number of H-pyrrole nitrogens is 1. The molecule has 0 amide bonds. The number of pyridine rings is 1. The summed E-state index contributed by atoms with van der Waals surface area (Å²) in [5.41, 5.74) is 2.52. The van der Waals surface area contributed by atoms with Gasteiger partial charge in [0.25, 0.3) is 11.5 Å². The standard InChI is InChI=1S/C19H16N6O2/c1-11-7-8-13(9-12(11)2)25-17(26)15-6-4-3-5-14(15)16(18(25)27)10-20-19-21-23-24-22-19/h3-10,27H,1-2H3,(H,21,22,23,24)/p-1. The van der Waals surface area contributed by atoms with Crippen LogP contribution >= 0.6 is 0 Å². The van der Waals surface area contributed by atoms with E-state index in [1.54, 1.807) is 30.3 Å². The number of tetrazole rings is 1. The molecule has 4 rings (SSSR count). The van der Waals surface area contributed by atoms with Crippen LogP contribution in [-0.4, -0.2) is 31.4 Å². The normalized spacial score (nSPS) is 11.5. The average molecular weight is 359 g/mol. The second kappa shape index (κ2) is 6.49. The third-order valence-corrected chi connectivity index (χ3v) is 4.48. The molecule has 2 aromatic carbocycles. The van der Waals surface area contributed by atoms with Gasteiger partial charge in [0.05, 0.1) is 0 Å². The number of fused-ring (bicyclic) bond motifs is 1. The first-order chi connectivity index (χ1) is 13.1. The van der Waals surface area contributed by atoms with E-state index in [0.29, 0.717) is 16.5 Å². The van der Waals surface area contributed by atoms with Gasteiger partial charge >= 0.3 is 0 Å². The van der Waals surface area contributed by atoms with Crippen LogP contribution in [0.2, 0.25) is 0 Å². The van der Waals surface area contributed by atoms with Crippen LogP contribution < -0.4 is 10.7 Å². The van der Waals surface area contributed by atoms with Crippen LogP contribution in [-0.2, 0) is 0 Å². The van der Waals surface area contributed by atoms with E-state index in [9.17, 15) is 9.90 Å². The third kappa shape index (κ3) is 2.86. The predicted molar refractivity (Wildman–Crippen MR) is 99.9 cm³/mol. The van der Waals surface area contributed by atoms with Crippen molar-refractivity contribution < 1.29 is 5.11 Å². The van der Waals surface area contributed by atoms with Gasteiger partial charge in [-0.2, -0.15) is 5.21 Å². The molecule has 0 saturated carbocycles. The molecule has 2 aromatic heterocycles. The summed E-state index contributed by atoms with van der Waals surface area (Å²) in [7, 11) is 0. The highest BCUT2D eigenvalue weighted by Crippen LogP contribution is 2.25. The second-order valence-electron chi connectivity index (χ2n) is 6.14. The first-order valence-electron chi connectivity index (χ1n) is 8.26. The van der Waals surface area contributed by atoms with E-state index in [0.717, 1.165) is 11.1 Å². The van der Waals surface area contributed by atoms with Gasteiger partial charge in [-0.1, -0.05) is 29.4 Å². The maximum atomic E-state index is 13.2. The Balaban J connectivity index is 2.02. The Kier molecular flexibility index (Phi) is 4.00. The Bertz CT molecular complexity index is 1230. The van der Waals surface area contributed by atoms with Crippen LogP contribution in [0.5, 0.6) is 5.88 Å². The Hall–Kier alpha value is -3.81. The summed E-state index contributed by atoms with van der Waals surface area (Å²) in [6.07, 6.45) is 1.37. The molecule has 0 unspecified atom stereocenters. The van der Waals surface area contributed by atoms with Gasteiger partial charge in [-0.05, 0) is 59.7 Å². The number of nitrogens with zero attached hydrogens (tertiary/aromatic N) is 5. The quantitative estimate of drug-likeness (QED) is 0.562. The third-order valence-electron chi connectivity index (χ3n) is 4.48. The SMILES string of the molecule is Cc1ccc(-n2c([O-])c(C=Nc3nn[nH]n3)c3ccccc3c2=O)cc1C. The summed E-state index contributed by atoms with van der Waals surface area (Å²) in [6.45, 7) is 3.91. The number of hydrogen-bond donors (Lipinski definition) is 1. The van der Waals surface area contributed by atoms with Gasteiger partial charge in [0, 0.05) is 22.9 Å². The molecule has 0 spiro atoms. The smallest absolute Gasteiger partial charge is 0.288 e. The van der Waals surface area contributed by atoms with Crippen LogP contribution in [0.4, 0.5) is 5.95 Å². The molecule has 8 nitrogen and oxygen atoms in total. The number of aryl methyl sites for hydroxylation is 2. The predicted octanol–water partition coefficient (Wildman–Crippen LogP) is 1.94. The number of nitrogens with one attached hydrogen (secondary N) is 1. The molecule has 0 aliphatic rings. The summed E-state index contributed by atoms with van der Waals surface area (Å²) in [5, 5.41) is 27.4. The van der Waals surface area contributed by atoms with E-state index in [4.69, 9.17) is 0 Å². The molecule has 27 heavy (non-hydrogen) atoms. The first kappa shape index (κ1) is 16.6. The van der Waals surface area contributed by atoms with Gasteiger partial charge < -0.3 is 5.11 Å². The second-order valence-corrected chi connectivity index (χ2v) is 6.14. The van der Waals surface area contributed by atoms with Gasteiger partial charge in [-0.25, -0.2) is 4.99 Å². The molecule has 0 bridgehead atoms. The van der Waals surface area contributed by atoms with Crippen molar-refractivity contribution in [3.05, 3.63) is 69.5 Å². The van der Waals surface area contributed by atoms with Crippen molar-refractivity contribution >= 4 is 22.9 Å². The van der Waals surface area contributed by atoms with Crippen LogP contribution in [0.25, 0.3) is 16.5 Å². The lowest BCUT2D eigenvalue weighted by Gasteiger charge is -2.21. The summed E-state index contributed by atoms with van der Waals surface area (Å²) >= 11 is 0. The van der Waals surface area contributed by atoms with Gasteiger partial charge in [0.15, 0.2) is 0 Å². The van der Waals surface area contributed by atoms with Crippen LogP contribution in [0.15, 0.2) is 52.3 Å². The molecule has 0 saturated heterocycles. The number of aromatic amines is 1. The lowest BCUT2D eigenvalue weighted by molar-refractivity contribution is -0.277. The van der Waals surface area contributed by atoms with Crippen molar-refractivity contribution in [2.45, 2.75) is 13.8 Å². The highest BCUT2D eigenvalue weighted by molar-refractivity contribution is 6.02. The van der Waals surface area contributed by atoms with Crippen LogP contribution in [0, 0.1) is 13.8 Å². The molecule has 4 aromatic rings. The highest BCUT2D eigenvalue weighted by Gasteiger charge is 2.12. The van der Waals surface area contributed by atoms with E-state index < -0.39 is 5.88 Å². The Labute approximate surface area is 153 Å². The first-order valence-corrected chi connectivity index (χ1v) is 8.26. The van der Waals surface area contributed by atoms with Crippen molar-refractivity contribution in [2.24, 2.45) is 4.99 Å². The maximum absolute atomic E-state index is 13.2. The number of hydrogen-bond acceptors (Lipinski definition) is 6. The van der Waals surface area contributed by atoms with Gasteiger partial charge in [-0.15, -0.1) is 5.10 Å². The molecule has 0 aliphatic carbocycles. The molecule has 0 atom stereocenters. The zero-order chi connectivity index (χ0) is 19.0. The summed E-state index contributed by atoms with van der Waals surface area (Å²) in [4.78, 5) is 17.1. The molecule has 8 heteroatoms. The maximum Gasteiger partial charge on any atom is 0.288 e. The Morgan fingerprint density at radius 1 is 1.11 bits per heavy atom. The molecule has 134 valence electrons. The fourth-order valence-electron chi connectivity index (χ4n) is 2.91. The minimum Gasteiger partial charge on any atom is -0.859 e. The van der Waals surface area contributed by atoms with E-state index >= 15 is 0 Å². The highest BCUT2D eigenvalue weighted by atomic mass is 16.3. The average Bonchev–Trinajstić information content (AvgIpc) is 3.18. The van der Waals surface area contributed by atoms with E-state index in [2.05, 4.69) is 25.6 Å². The van der Waals surface area contributed by atoms with Crippen molar-refractivity contribution in [3.63, 3.8) is 0 Å². The topological polar surface area (TPSA) is 112 Å². The lowest BCUT2D eigenvalue weighted by Crippen LogP contribution is -2.24. The monoisotopic (exact) mass is 359 g/mol. The Morgan fingerprint density at radius 2 is 1.89 bits per heavy atom. The minimum absolute atomic E-state index is 0.0995. The van der Waals surface area contributed by atoms with Gasteiger partial charge in [0.2, 0.25) is 0 Å². The lowest BCUT2D eigenvalue weighted by atomic mass is 10.1. The van der Waals surface area contributed by atoms with Crippen molar-refractivity contribution in [1.82, 2.24) is 25.2 Å². The number of aromatic nitrogens is 5. The number of benzene rings is 2. The van der Waals surface area contributed by atoms with Crippen molar-refractivity contribution in [1.29, 1.82) is 0 Å². The zero-order valence-corrected chi connectivity index (χ0v) is 14.7. The fourth-order valence-corrected chi connectivity index (χ4v) is 2.91. The molecule has 2 heterocycles. The van der Waals surface area contributed by atoms with Crippen LogP contribution in [0.1, 0.15) is 16.7 Å². The van der Waals surface area contributed by atoms with Crippen LogP contribution in [0.3, 0.4) is 0 Å². The Morgan fingerprint density at radius 3 is 2.59 bits per heavy atom. The molecule has 1 N–H and O–H groups in total. The van der Waals surface area contributed by atoms with Crippen molar-refractivity contribution in [3.8, 4) is 11.6 Å². The molecular formula is C19H15N6O2-. The summed E-state index contributed by atoms with van der Waals surface area (Å²) in [6, 6.07) is 12.4. The van der Waals surface area contributed by atoms with Crippen molar-refractivity contribution in [2.75, 3.05) is 0 Å². The minimum atomic E-state index is -0.450. The van der Waals surface area contributed by atoms with Gasteiger partial charge in [0.1, 0.15) is 0 Å². The van der Waals surface area contributed by atoms with E-state index in [-0.39, 0.29) is 17.1 Å². The van der Waals surface area contributed by atoms with E-state index in [1.807, 2.05) is 26.0 Å². The summed E-state index contributed by atoms with van der Waals surface area (Å²) in [5.74, 6) is -0.350. The van der Waals surface area contributed by atoms with Gasteiger partial charge in [-0.3, -0.25) is 9.36 Å². The molecule has 0 radical (unpaired) electrons. The molecule has 0 fully saturated rings. The number of aliphatic imine (C=N–C) groups is 1. The molecule has 0 aliphatic heterocycles. The van der Waals surface area contributed by atoms with E-state index in [1.165, 1.54) is 10.8 Å². The summed E-state index contributed by atoms with van der Waals surface area (Å²) < 4.78 is 1.17. The zero-order valence-electron chi connectivity index (χ0n) is 14.7. The molecular weight excluding hydrogens is 344 g/mol. The number of rotatable bonds is 3.